The van der Waals surface area contributed by atoms with Crippen LogP contribution in [0.25, 0.3) is 15.2 Å². The highest BCUT2D eigenvalue weighted by Crippen LogP contribution is 2.43. The Kier molecular flexibility index (Phi) is 7.84. The average molecular weight is 638 g/mol. The number of carboxylic acids is 1. The number of fused-ring (bicyclic) bond motifs is 3. The van der Waals surface area contributed by atoms with E-state index in [4.69, 9.17) is 18.9 Å². The highest BCUT2D eigenvalue weighted by Gasteiger charge is 2.55. The molecule has 238 valence electrons. The van der Waals surface area contributed by atoms with Crippen LogP contribution < -0.4 is 16.0 Å². The van der Waals surface area contributed by atoms with Crippen LogP contribution in [0.1, 0.15) is 55.8 Å². The number of aromatic nitrogens is 5. The number of aryl methyl sites for hydroxylation is 1. The minimum absolute atomic E-state index is 0.0224. The van der Waals surface area contributed by atoms with Crippen LogP contribution in [-0.4, -0.2) is 73.8 Å². The fourth-order valence-corrected chi connectivity index (χ4v) is 7.90. The van der Waals surface area contributed by atoms with Crippen molar-refractivity contribution in [1.29, 1.82) is 0 Å². The topological polar surface area (TPSA) is 149 Å². The molecule has 4 aromatic rings. The number of hydrogen-bond acceptors (Lipinski definition) is 10. The molecule has 4 atom stereocenters. The second kappa shape index (κ2) is 11.8. The monoisotopic (exact) mass is 637 g/mol. The molecule has 1 aliphatic carbocycles. The van der Waals surface area contributed by atoms with Crippen molar-refractivity contribution in [3.63, 3.8) is 0 Å². The number of rotatable bonds is 12. The first-order valence-electron chi connectivity index (χ1n) is 15.2. The molecule has 3 fully saturated rings. The normalized spacial score (nSPS) is 22.5. The van der Waals surface area contributed by atoms with Gasteiger partial charge in [0.1, 0.15) is 33.8 Å². The second-order valence-electron chi connectivity index (χ2n) is 12.0. The summed E-state index contributed by atoms with van der Waals surface area (Å²) in [6, 6.07) is 7.53. The molecule has 45 heavy (non-hydrogen) atoms. The van der Waals surface area contributed by atoms with Crippen molar-refractivity contribution in [2.45, 2.75) is 81.9 Å². The lowest BCUT2D eigenvalue weighted by Gasteiger charge is -2.32. The zero-order chi connectivity index (χ0) is 31.3. The first-order valence-corrected chi connectivity index (χ1v) is 16.0. The highest BCUT2D eigenvalue weighted by molar-refractivity contribution is 7.21. The molecule has 3 aromatic heterocycles. The number of methoxy groups -OCH3 is 1. The van der Waals surface area contributed by atoms with E-state index in [1.54, 1.807) is 14.0 Å². The van der Waals surface area contributed by atoms with Crippen LogP contribution in [-0.2, 0) is 31.1 Å². The van der Waals surface area contributed by atoms with Gasteiger partial charge in [-0.25, -0.2) is 14.2 Å². The van der Waals surface area contributed by atoms with Crippen molar-refractivity contribution in [3.8, 4) is 10.8 Å². The molecule has 2 bridgehead atoms. The maximum atomic E-state index is 14.4. The van der Waals surface area contributed by atoms with Crippen LogP contribution in [0.15, 0.2) is 46.2 Å². The molecule has 0 spiro atoms. The van der Waals surface area contributed by atoms with E-state index in [-0.39, 0.29) is 43.1 Å². The van der Waals surface area contributed by atoms with Gasteiger partial charge in [0, 0.05) is 18.2 Å². The molecule has 1 aromatic carbocycles. The molecule has 2 saturated heterocycles. The van der Waals surface area contributed by atoms with Crippen LogP contribution in [0.4, 0.5) is 0 Å². The van der Waals surface area contributed by atoms with Gasteiger partial charge in [-0.05, 0) is 51.5 Å². The zero-order valence-corrected chi connectivity index (χ0v) is 25.9. The van der Waals surface area contributed by atoms with Crippen LogP contribution in [0.5, 0.6) is 5.75 Å². The molecule has 13 nitrogen and oxygen atoms in total. The number of thiophene rings is 1. The van der Waals surface area contributed by atoms with Crippen molar-refractivity contribution < 1.29 is 28.8 Å². The number of carbonyl (C=O) groups is 1. The third kappa shape index (κ3) is 5.29. The third-order valence-electron chi connectivity index (χ3n) is 9.10. The number of aliphatic carboxylic acids is 1. The average Bonchev–Trinajstić information content (AvgIpc) is 3.31. The van der Waals surface area contributed by atoms with Crippen LogP contribution in [0.3, 0.4) is 0 Å². The first-order chi connectivity index (χ1) is 21.8. The number of carboxylic acid groups (broad SMARTS) is 1. The fourth-order valence-electron chi connectivity index (χ4n) is 6.68. The lowest BCUT2D eigenvalue weighted by Crippen LogP contribution is -2.49. The summed E-state index contributed by atoms with van der Waals surface area (Å²) < 4.78 is 26.7. The molecule has 14 heteroatoms. The molecule has 1 N–H and O–H groups in total. The molecule has 2 unspecified atom stereocenters. The van der Waals surface area contributed by atoms with Gasteiger partial charge in [-0.1, -0.05) is 29.5 Å². The van der Waals surface area contributed by atoms with Crippen molar-refractivity contribution in [2.24, 2.45) is 0 Å². The standard InChI is InChI=1S/C31H35N5O8S/c1-18-25-26(37)35(31(9-10-31)29(38)39)30(40)34(28(25)45-27(18)36-32-11-12-33-36)17-24(44-21-15-19-7-8-20(16-21)43-19)22-5-3-4-6-23(22)42-14-13-41-2/h3-6,11-12,19-21,24H,7-10,13-17H2,1-2H3,(H,38,39)/t19-,20+,21?,24?. The van der Waals surface area contributed by atoms with Gasteiger partial charge in [0.25, 0.3) is 5.56 Å². The number of benzene rings is 1. The Labute approximate surface area is 261 Å². The third-order valence-corrected chi connectivity index (χ3v) is 10.4. The number of hydrogen-bond donors (Lipinski definition) is 1. The predicted molar refractivity (Wildman–Crippen MR) is 163 cm³/mol. The lowest BCUT2D eigenvalue weighted by atomic mass is 10.0. The molecule has 7 rings (SSSR count). The Bertz CT molecular complexity index is 1830. The van der Waals surface area contributed by atoms with E-state index in [2.05, 4.69) is 10.2 Å². The summed E-state index contributed by atoms with van der Waals surface area (Å²) in [5, 5.41) is 19.5. The highest BCUT2D eigenvalue weighted by atomic mass is 32.1. The van der Waals surface area contributed by atoms with Gasteiger partial charge in [-0.3, -0.25) is 9.36 Å². The van der Waals surface area contributed by atoms with Gasteiger partial charge in [0.15, 0.2) is 0 Å². The lowest BCUT2D eigenvalue weighted by molar-refractivity contribution is -0.142. The van der Waals surface area contributed by atoms with E-state index >= 15 is 0 Å². The summed E-state index contributed by atoms with van der Waals surface area (Å²) in [4.78, 5) is 42.7. The predicted octanol–water partition coefficient (Wildman–Crippen LogP) is 3.18. The van der Waals surface area contributed by atoms with E-state index in [0.29, 0.717) is 34.4 Å². The van der Waals surface area contributed by atoms with Gasteiger partial charge >= 0.3 is 11.7 Å². The van der Waals surface area contributed by atoms with Crippen LogP contribution in [0, 0.1) is 6.92 Å². The SMILES string of the molecule is COCCOc1ccccc1C(Cn1c(=O)n(C2(C(=O)O)CC2)c(=O)c2c(C)c(-n3nccn3)sc21)OC1C[C@H]2CC[C@@H](C1)O2. The van der Waals surface area contributed by atoms with E-state index < -0.39 is 28.9 Å². The Morgan fingerprint density at radius 3 is 2.51 bits per heavy atom. The minimum Gasteiger partial charge on any atom is -0.491 e. The van der Waals surface area contributed by atoms with Crippen LogP contribution >= 0.6 is 11.3 Å². The molecular weight excluding hydrogens is 602 g/mol. The van der Waals surface area contributed by atoms with Crippen molar-refractivity contribution in [2.75, 3.05) is 20.3 Å². The van der Waals surface area contributed by atoms with Crippen molar-refractivity contribution in [3.05, 3.63) is 68.6 Å². The van der Waals surface area contributed by atoms with Crippen LogP contribution in [0.2, 0.25) is 0 Å². The summed E-state index contributed by atoms with van der Waals surface area (Å²) >= 11 is 1.22. The Morgan fingerprint density at radius 2 is 1.84 bits per heavy atom. The number of ether oxygens (including phenoxy) is 4. The summed E-state index contributed by atoms with van der Waals surface area (Å²) in [7, 11) is 1.60. The van der Waals surface area contributed by atoms with Gasteiger partial charge in [0.2, 0.25) is 0 Å². The number of para-hydroxylation sites is 1. The summed E-state index contributed by atoms with van der Waals surface area (Å²) in [6.07, 6.45) is 6.40. The molecule has 2 aliphatic heterocycles. The zero-order valence-electron chi connectivity index (χ0n) is 25.1. The van der Waals surface area contributed by atoms with Gasteiger partial charge in [-0.15, -0.1) is 4.80 Å². The molecule has 1 saturated carbocycles. The van der Waals surface area contributed by atoms with Crippen molar-refractivity contribution in [1.82, 2.24) is 24.1 Å². The van der Waals surface area contributed by atoms with Gasteiger partial charge < -0.3 is 24.1 Å². The van der Waals surface area contributed by atoms with E-state index in [0.717, 1.165) is 35.8 Å². The fraction of sp³-hybridized carbons (Fsp3) is 0.516. The molecule has 3 aliphatic rings. The Morgan fingerprint density at radius 1 is 1.13 bits per heavy atom. The van der Waals surface area contributed by atoms with E-state index in [9.17, 15) is 19.5 Å². The quantitative estimate of drug-likeness (QED) is 0.230. The summed E-state index contributed by atoms with van der Waals surface area (Å²) in [5.41, 5.74) is -1.58. The maximum absolute atomic E-state index is 14.4. The number of nitrogens with zero attached hydrogens (tertiary/aromatic N) is 5. The smallest absolute Gasteiger partial charge is 0.333 e. The molecular formula is C31H35N5O8S. The summed E-state index contributed by atoms with van der Waals surface area (Å²) in [6.45, 7) is 2.50. The Hall–Kier alpha value is -3.85. The minimum atomic E-state index is -1.58. The summed E-state index contributed by atoms with van der Waals surface area (Å²) in [5.74, 6) is -0.600. The maximum Gasteiger partial charge on any atom is 0.333 e. The Balaban J connectivity index is 1.39. The molecule has 5 heterocycles. The van der Waals surface area contributed by atoms with E-state index in [1.807, 2.05) is 24.3 Å². The first kappa shape index (κ1) is 29.8. The van der Waals surface area contributed by atoms with Crippen molar-refractivity contribution >= 4 is 27.5 Å². The molecule has 0 amide bonds. The second-order valence-corrected chi connectivity index (χ2v) is 12.9. The molecule has 0 radical (unpaired) electrons. The largest absolute Gasteiger partial charge is 0.491 e. The van der Waals surface area contributed by atoms with Gasteiger partial charge in [0.05, 0.1) is 49.2 Å². The van der Waals surface area contributed by atoms with Gasteiger partial charge in [-0.2, -0.15) is 10.2 Å². The van der Waals surface area contributed by atoms with E-state index in [1.165, 1.54) is 33.1 Å².